The minimum absolute atomic E-state index is 0.105. The average molecular weight is 344 g/mol. The number of nitrogens with zero attached hydrogens (tertiary/aromatic N) is 1. The van der Waals surface area contributed by atoms with Crippen LogP contribution in [0.4, 0.5) is 11.4 Å². The van der Waals surface area contributed by atoms with Crippen LogP contribution in [0.2, 0.25) is 0 Å². The number of nitro benzene ring substituents is 1. The lowest BCUT2D eigenvalue weighted by Gasteiger charge is -2.17. The summed E-state index contributed by atoms with van der Waals surface area (Å²) in [5, 5.41) is 13.8. The van der Waals surface area contributed by atoms with Gasteiger partial charge in [0, 0.05) is 0 Å². The molecule has 0 unspecified atom stereocenters. The summed E-state index contributed by atoms with van der Waals surface area (Å²) in [7, 11) is 0. The molecule has 0 aliphatic heterocycles. The Morgan fingerprint density at radius 2 is 1.88 bits per heavy atom. The lowest BCUT2D eigenvalue weighted by Crippen LogP contribution is -2.32. The molecule has 2 rings (SSSR count). The molecule has 1 atom stereocenters. The van der Waals surface area contributed by atoms with Gasteiger partial charge in [0.25, 0.3) is 11.6 Å². The summed E-state index contributed by atoms with van der Waals surface area (Å²) >= 11 is 0. The van der Waals surface area contributed by atoms with Crippen molar-refractivity contribution in [1.82, 2.24) is 0 Å². The van der Waals surface area contributed by atoms with E-state index in [0.717, 1.165) is 0 Å². The Morgan fingerprint density at radius 3 is 2.48 bits per heavy atom. The first-order valence-corrected chi connectivity index (χ1v) is 7.99. The molecule has 1 amide bonds. The minimum atomic E-state index is -0.756. The second kappa shape index (κ2) is 8.68. The van der Waals surface area contributed by atoms with Crippen molar-refractivity contribution in [3.8, 4) is 11.5 Å². The number of ether oxygens (including phenoxy) is 2. The number of carbonyl (C=O) groups is 1. The van der Waals surface area contributed by atoms with E-state index in [2.05, 4.69) is 5.32 Å². The maximum absolute atomic E-state index is 12.4. The first-order valence-electron chi connectivity index (χ1n) is 7.99. The smallest absolute Gasteiger partial charge is 0.296 e. The highest BCUT2D eigenvalue weighted by molar-refractivity contribution is 5.96. The van der Waals surface area contributed by atoms with Gasteiger partial charge in [-0.05, 0) is 37.6 Å². The van der Waals surface area contributed by atoms with Gasteiger partial charge in [-0.3, -0.25) is 14.9 Å². The Labute approximate surface area is 145 Å². The Balaban J connectivity index is 2.16. The number of benzene rings is 2. The normalized spacial score (nSPS) is 11.4. The summed E-state index contributed by atoms with van der Waals surface area (Å²) in [5.74, 6) is 0.490. The molecule has 0 fully saturated rings. The summed E-state index contributed by atoms with van der Waals surface area (Å²) in [4.78, 5) is 23.1. The lowest BCUT2D eigenvalue weighted by molar-refractivity contribution is -0.384. The zero-order chi connectivity index (χ0) is 18.2. The van der Waals surface area contributed by atoms with E-state index in [9.17, 15) is 14.9 Å². The number of carbonyl (C=O) groups excluding carboxylic acids is 1. The lowest BCUT2D eigenvalue weighted by atomic mass is 10.2. The van der Waals surface area contributed by atoms with Gasteiger partial charge in [-0.15, -0.1) is 0 Å². The number of hydrogen-bond acceptors (Lipinski definition) is 5. The van der Waals surface area contributed by atoms with Gasteiger partial charge in [0.2, 0.25) is 0 Å². The third-order valence-electron chi connectivity index (χ3n) is 3.42. The average Bonchev–Trinajstić information content (AvgIpc) is 2.61. The molecular weight excluding hydrogens is 324 g/mol. The molecule has 25 heavy (non-hydrogen) atoms. The van der Waals surface area contributed by atoms with Crippen LogP contribution in [0.25, 0.3) is 0 Å². The van der Waals surface area contributed by atoms with Gasteiger partial charge >= 0.3 is 0 Å². The van der Waals surface area contributed by atoms with Crippen LogP contribution in [0, 0.1) is 10.1 Å². The first kappa shape index (κ1) is 18.3. The quantitative estimate of drug-likeness (QED) is 0.581. The van der Waals surface area contributed by atoms with Crippen molar-refractivity contribution in [3.05, 3.63) is 58.6 Å². The van der Waals surface area contributed by atoms with Crippen molar-refractivity contribution in [1.29, 1.82) is 0 Å². The molecular formula is C18H20N2O5. The zero-order valence-corrected chi connectivity index (χ0v) is 14.1. The molecule has 7 heteroatoms. The van der Waals surface area contributed by atoms with E-state index in [4.69, 9.17) is 9.47 Å². The molecule has 0 aromatic heterocycles. The molecule has 1 N–H and O–H groups in total. The Morgan fingerprint density at radius 1 is 1.16 bits per heavy atom. The molecule has 7 nitrogen and oxygen atoms in total. The van der Waals surface area contributed by atoms with Crippen LogP contribution < -0.4 is 14.8 Å². The fourth-order valence-electron chi connectivity index (χ4n) is 2.22. The standard InChI is InChI=1S/C18H20N2O5/c1-3-17(25-13-8-6-5-7-9-13)18(21)19-15-11-10-14(24-4-2)12-16(15)20(22)23/h5-12,17H,3-4H2,1-2H3,(H,19,21)/t17-/m0/s1. The number of para-hydroxylation sites is 1. The largest absolute Gasteiger partial charge is 0.494 e. The van der Waals surface area contributed by atoms with Crippen LogP contribution in [-0.4, -0.2) is 23.5 Å². The summed E-state index contributed by atoms with van der Waals surface area (Å²) in [6, 6.07) is 13.3. The van der Waals surface area contributed by atoms with Gasteiger partial charge in [0.15, 0.2) is 6.10 Å². The number of amides is 1. The first-order chi connectivity index (χ1) is 12.0. The van der Waals surface area contributed by atoms with Gasteiger partial charge in [-0.1, -0.05) is 25.1 Å². The van der Waals surface area contributed by atoms with Crippen molar-refractivity contribution in [3.63, 3.8) is 0 Å². The Bertz CT molecular complexity index is 734. The second-order valence-corrected chi connectivity index (χ2v) is 5.19. The topological polar surface area (TPSA) is 90.7 Å². The van der Waals surface area contributed by atoms with Crippen molar-refractivity contribution in [2.24, 2.45) is 0 Å². The molecule has 0 radical (unpaired) electrons. The molecule has 132 valence electrons. The third kappa shape index (κ3) is 4.94. The predicted molar refractivity (Wildman–Crippen MR) is 94.0 cm³/mol. The Kier molecular flexibility index (Phi) is 6.33. The van der Waals surface area contributed by atoms with E-state index < -0.39 is 16.9 Å². The molecule has 2 aromatic carbocycles. The maximum atomic E-state index is 12.4. The van der Waals surface area contributed by atoms with Crippen LogP contribution in [0.3, 0.4) is 0 Å². The molecule has 0 aliphatic rings. The summed E-state index contributed by atoms with van der Waals surface area (Å²) in [5.41, 5.74) is -0.123. The molecule has 0 bridgehead atoms. The summed E-state index contributed by atoms with van der Waals surface area (Å²) in [6.45, 7) is 3.99. The molecule has 0 saturated heterocycles. The molecule has 0 heterocycles. The fraction of sp³-hybridized carbons (Fsp3) is 0.278. The highest BCUT2D eigenvalue weighted by Gasteiger charge is 2.23. The van der Waals surface area contributed by atoms with Gasteiger partial charge in [0.1, 0.15) is 17.2 Å². The second-order valence-electron chi connectivity index (χ2n) is 5.19. The van der Waals surface area contributed by atoms with E-state index in [1.807, 2.05) is 6.07 Å². The monoisotopic (exact) mass is 344 g/mol. The van der Waals surface area contributed by atoms with Crippen molar-refractivity contribution >= 4 is 17.3 Å². The van der Waals surface area contributed by atoms with Crippen LogP contribution >= 0.6 is 0 Å². The molecule has 2 aromatic rings. The zero-order valence-electron chi connectivity index (χ0n) is 14.1. The van der Waals surface area contributed by atoms with E-state index >= 15 is 0 Å². The van der Waals surface area contributed by atoms with Crippen LogP contribution in [-0.2, 0) is 4.79 Å². The van der Waals surface area contributed by atoms with E-state index in [-0.39, 0.29) is 11.4 Å². The Hall–Kier alpha value is -3.09. The number of hydrogen-bond donors (Lipinski definition) is 1. The predicted octanol–water partition coefficient (Wildman–Crippen LogP) is 3.79. The summed E-state index contributed by atoms with van der Waals surface area (Å²) < 4.78 is 10.9. The van der Waals surface area contributed by atoms with Crippen LogP contribution in [0.5, 0.6) is 11.5 Å². The number of nitro groups is 1. The van der Waals surface area contributed by atoms with Gasteiger partial charge < -0.3 is 14.8 Å². The fourth-order valence-corrected chi connectivity index (χ4v) is 2.22. The SMILES string of the molecule is CCOc1ccc(NC(=O)[C@H](CC)Oc2ccccc2)c([N+](=O)[O-])c1. The summed E-state index contributed by atoms with van der Waals surface area (Å²) in [6.07, 6.45) is -0.334. The van der Waals surface area contributed by atoms with Gasteiger partial charge in [0.05, 0.1) is 17.6 Å². The number of rotatable bonds is 8. The van der Waals surface area contributed by atoms with E-state index in [1.165, 1.54) is 12.1 Å². The molecule has 0 saturated carbocycles. The molecule has 0 spiro atoms. The van der Waals surface area contributed by atoms with E-state index in [1.54, 1.807) is 44.2 Å². The molecule has 0 aliphatic carbocycles. The van der Waals surface area contributed by atoms with Gasteiger partial charge in [-0.2, -0.15) is 0 Å². The minimum Gasteiger partial charge on any atom is -0.494 e. The van der Waals surface area contributed by atoms with Crippen molar-refractivity contribution in [2.45, 2.75) is 26.4 Å². The maximum Gasteiger partial charge on any atom is 0.296 e. The highest BCUT2D eigenvalue weighted by Crippen LogP contribution is 2.29. The number of anilines is 1. The van der Waals surface area contributed by atoms with Crippen LogP contribution in [0.1, 0.15) is 20.3 Å². The van der Waals surface area contributed by atoms with Crippen LogP contribution in [0.15, 0.2) is 48.5 Å². The highest BCUT2D eigenvalue weighted by atomic mass is 16.6. The third-order valence-corrected chi connectivity index (χ3v) is 3.42. The van der Waals surface area contributed by atoms with Crippen molar-refractivity contribution < 1.29 is 19.2 Å². The van der Waals surface area contributed by atoms with Crippen molar-refractivity contribution in [2.75, 3.05) is 11.9 Å². The van der Waals surface area contributed by atoms with E-state index in [0.29, 0.717) is 24.5 Å². The number of nitrogens with one attached hydrogen (secondary N) is 1. The van der Waals surface area contributed by atoms with Gasteiger partial charge in [-0.25, -0.2) is 0 Å².